The summed E-state index contributed by atoms with van der Waals surface area (Å²) in [4.78, 5) is 11.6. The first kappa shape index (κ1) is 16.5. The van der Waals surface area contributed by atoms with Crippen LogP contribution in [0.2, 0.25) is 0 Å². The highest BCUT2D eigenvalue weighted by Crippen LogP contribution is 2.30. The Hall–Kier alpha value is -2.33. The van der Waals surface area contributed by atoms with E-state index in [-0.39, 0.29) is 5.91 Å². The van der Waals surface area contributed by atoms with Gasteiger partial charge in [0.05, 0.1) is 6.61 Å². The van der Waals surface area contributed by atoms with Gasteiger partial charge in [0, 0.05) is 25.1 Å². The molecule has 1 saturated heterocycles. The third-order valence-electron chi connectivity index (χ3n) is 4.64. The van der Waals surface area contributed by atoms with Gasteiger partial charge in [-0.2, -0.15) is 0 Å². The van der Waals surface area contributed by atoms with Crippen molar-refractivity contribution >= 4 is 5.91 Å². The second-order valence-electron chi connectivity index (χ2n) is 6.18. The van der Waals surface area contributed by atoms with Crippen molar-refractivity contribution in [1.29, 1.82) is 0 Å². The summed E-state index contributed by atoms with van der Waals surface area (Å²) in [6.07, 6.45) is 1.13. The lowest BCUT2D eigenvalue weighted by Gasteiger charge is -2.32. The van der Waals surface area contributed by atoms with Crippen LogP contribution < -0.4 is 15.4 Å². The average molecular weight is 324 g/mol. The zero-order chi connectivity index (χ0) is 16.8. The number of rotatable bonds is 5. The molecule has 0 spiro atoms. The van der Waals surface area contributed by atoms with Crippen molar-refractivity contribution in [3.8, 4) is 5.75 Å². The topological polar surface area (TPSA) is 50.4 Å². The van der Waals surface area contributed by atoms with Crippen LogP contribution in [0.3, 0.4) is 0 Å². The molecule has 0 bridgehead atoms. The quantitative estimate of drug-likeness (QED) is 0.889. The van der Waals surface area contributed by atoms with E-state index in [2.05, 4.69) is 41.0 Å². The monoisotopic (exact) mass is 324 g/mol. The van der Waals surface area contributed by atoms with Gasteiger partial charge in [-0.05, 0) is 48.7 Å². The summed E-state index contributed by atoms with van der Waals surface area (Å²) in [5.41, 5.74) is 2.04. The number of piperidine rings is 1. The fraction of sp³-hybridized carbons (Fsp3) is 0.350. The van der Waals surface area contributed by atoms with Gasteiger partial charge in [-0.25, -0.2) is 0 Å². The minimum Gasteiger partial charge on any atom is -0.493 e. The van der Waals surface area contributed by atoms with Crippen LogP contribution in [0.4, 0.5) is 0 Å². The summed E-state index contributed by atoms with van der Waals surface area (Å²) in [5.74, 6) is 1.69. The van der Waals surface area contributed by atoms with E-state index in [1.54, 1.807) is 19.2 Å². The molecule has 2 atom stereocenters. The number of hydrogen-bond donors (Lipinski definition) is 2. The Balaban J connectivity index is 1.63. The molecule has 1 heterocycles. The highest BCUT2D eigenvalue weighted by atomic mass is 16.5. The summed E-state index contributed by atoms with van der Waals surface area (Å²) in [6.45, 7) is 2.69. The minimum atomic E-state index is -0.0813. The number of hydrogen-bond acceptors (Lipinski definition) is 3. The van der Waals surface area contributed by atoms with Gasteiger partial charge in [-0.1, -0.05) is 30.3 Å². The van der Waals surface area contributed by atoms with E-state index in [1.807, 2.05) is 12.1 Å². The van der Waals surface area contributed by atoms with Crippen LogP contribution in [-0.4, -0.2) is 32.7 Å². The number of carbonyl (C=O) groups excluding carboxylic acids is 1. The Bertz CT molecular complexity index is 655. The highest BCUT2D eigenvalue weighted by Gasteiger charge is 2.26. The molecular weight excluding hydrogens is 300 g/mol. The second-order valence-corrected chi connectivity index (χ2v) is 6.18. The molecule has 0 aliphatic carbocycles. The van der Waals surface area contributed by atoms with Crippen LogP contribution in [-0.2, 0) is 0 Å². The Morgan fingerprint density at radius 3 is 2.62 bits per heavy atom. The first-order valence-electron chi connectivity index (χ1n) is 8.48. The zero-order valence-electron chi connectivity index (χ0n) is 14.0. The van der Waals surface area contributed by atoms with Crippen molar-refractivity contribution in [3.63, 3.8) is 0 Å². The molecule has 4 heteroatoms. The lowest BCUT2D eigenvalue weighted by atomic mass is 9.81. The van der Waals surface area contributed by atoms with Crippen molar-refractivity contribution in [1.82, 2.24) is 10.6 Å². The first-order valence-corrected chi connectivity index (χ1v) is 8.48. The van der Waals surface area contributed by atoms with Crippen molar-refractivity contribution in [2.24, 2.45) is 5.92 Å². The SMILES string of the molecule is CNC(=O)c1ccc(OCC2CNCCC2c2ccccc2)cc1. The number of amides is 1. The standard InChI is InChI=1S/C20H24N2O2/c1-21-20(23)16-7-9-18(10-8-16)24-14-17-13-22-12-11-19(17)15-5-3-2-4-6-15/h2-10,17,19,22H,11-14H2,1H3,(H,21,23). The Labute approximate surface area is 143 Å². The molecule has 3 rings (SSSR count). The van der Waals surface area contributed by atoms with E-state index < -0.39 is 0 Å². The lowest BCUT2D eigenvalue weighted by Crippen LogP contribution is -2.38. The van der Waals surface area contributed by atoms with Crippen LogP contribution in [0.5, 0.6) is 5.75 Å². The van der Waals surface area contributed by atoms with Gasteiger partial charge < -0.3 is 15.4 Å². The fourth-order valence-electron chi connectivity index (χ4n) is 3.29. The molecule has 0 aromatic heterocycles. The van der Waals surface area contributed by atoms with Crippen LogP contribution in [0.25, 0.3) is 0 Å². The normalized spacial score (nSPS) is 20.4. The highest BCUT2D eigenvalue weighted by molar-refractivity contribution is 5.94. The van der Waals surface area contributed by atoms with E-state index >= 15 is 0 Å². The molecule has 24 heavy (non-hydrogen) atoms. The Kier molecular flexibility index (Phi) is 5.49. The molecule has 0 saturated carbocycles. The molecule has 1 fully saturated rings. The molecular formula is C20H24N2O2. The average Bonchev–Trinajstić information content (AvgIpc) is 2.67. The molecule has 0 radical (unpaired) electrons. The number of nitrogens with one attached hydrogen (secondary N) is 2. The van der Waals surface area contributed by atoms with Gasteiger partial charge >= 0.3 is 0 Å². The molecule has 126 valence electrons. The van der Waals surface area contributed by atoms with E-state index in [4.69, 9.17) is 4.74 Å². The van der Waals surface area contributed by atoms with Gasteiger partial charge in [0.2, 0.25) is 0 Å². The zero-order valence-corrected chi connectivity index (χ0v) is 14.0. The van der Waals surface area contributed by atoms with E-state index in [0.717, 1.165) is 25.3 Å². The number of ether oxygens (including phenoxy) is 1. The van der Waals surface area contributed by atoms with E-state index in [0.29, 0.717) is 24.0 Å². The van der Waals surface area contributed by atoms with Crippen molar-refractivity contribution in [3.05, 3.63) is 65.7 Å². The van der Waals surface area contributed by atoms with Crippen molar-refractivity contribution < 1.29 is 9.53 Å². The molecule has 2 aromatic carbocycles. The molecule has 1 aliphatic heterocycles. The maximum absolute atomic E-state index is 11.6. The maximum Gasteiger partial charge on any atom is 0.251 e. The summed E-state index contributed by atoms with van der Waals surface area (Å²) < 4.78 is 5.99. The van der Waals surface area contributed by atoms with Crippen molar-refractivity contribution in [2.75, 3.05) is 26.7 Å². The summed E-state index contributed by atoms with van der Waals surface area (Å²) in [5, 5.41) is 6.09. The number of carbonyl (C=O) groups is 1. The smallest absolute Gasteiger partial charge is 0.251 e. The van der Waals surface area contributed by atoms with Crippen LogP contribution in [0.15, 0.2) is 54.6 Å². The lowest BCUT2D eigenvalue weighted by molar-refractivity contribution is 0.0963. The van der Waals surface area contributed by atoms with E-state index in [9.17, 15) is 4.79 Å². The summed E-state index contributed by atoms with van der Waals surface area (Å²) >= 11 is 0. The molecule has 1 aliphatic rings. The van der Waals surface area contributed by atoms with Gasteiger partial charge in [0.25, 0.3) is 5.91 Å². The van der Waals surface area contributed by atoms with Crippen LogP contribution in [0, 0.1) is 5.92 Å². The predicted octanol–water partition coefficient (Wildman–Crippen LogP) is 2.82. The van der Waals surface area contributed by atoms with Gasteiger partial charge in [0.1, 0.15) is 5.75 Å². The van der Waals surface area contributed by atoms with Crippen LogP contribution >= 0.6 is 0 Å². The fourth-order valence-corrected chi connectivity index (χ4v) is 3.29. The Morgan fingerprint density at radius 2 is 1.92 bits per heavy atom. The molecule has 2 unspecified atom stereocenters. The third kappa shape index (κ3) is 3.95. The molecule has 1 amide bonds. The molecule has 4 nitrogen and oxygen atoms in total. The van der Waals surface area contributed by atoms with Crippen molar-refractivity contribution in [2.45, 2.75) is 12.3 Å². The summed E-state index contributed by atoms with van der Waals surface area (Å²) in [6, 6.07) is 18.0. The predicted molar refractivity (Wildman–Crippen MR) is 95.5 cm³/mol. The number of benzene rings is 2. The third-order valence-corrected chi connectivity index (χ3v) is 4.64. The van der Waals surface area contributed by atoms with E-state index in [1.165, 1.54) is 5.56 Å². The second kappa shape index (κ2) is 7.97. The Morgan fingerprint density at radius 1 is 1.17 bits per heavy atom. The molecule has 2 aromatic rings. The van der Waals surface area contributed by atoms with Gasteiger partial charge in [-0.15, -0.1) is 0 Å². The molecule has 2 N–H and O–H groups in total. The maximum atomic E-state index is 11.6. The van der Waals surface area contributed by atoms with Gasteiger partial charge in [-0.3, -0.25) is 4.79 Å². The largest absolute Gasteiger partial charge is 0.493 e. The minimum absolute atomic E-state index is 0.0813. The first-order chi connectivity index (χ1) is 11.8. The van der Waals surface area contributed by atoms with Crippen LogP contribution in [0.1, 0.15) is 28.3 Å². The summed E-state index contributed by atoms with van der Waals surface area (Å²) in [7, 11) is 1.63. The van der Waals surface area contributed by atoms with Gasteiger partial charge in [0.15, 0.2) is 0 Å².